The molecule has 0 aromatic carbocycles. The molecule has 1 N–H and O–H groups in total. The fourth-order valence-electron chi connectivity index (χ4n) is 1.70. The maximum Gasteiger partial charge on any atom is 0.413 e. The molecule has 2 aromatic heterocycles. The summed E-state index contributed by atoms with van der Waals surface area (Å²) in [5, 5.41) is 6.82. The van der Waals surface area contributed by atoms with Gasteiger partial charge in [0, 0.05) is 30.9 Å². The summed E-state index contributed by atoms with van der Waals surface area (Å²) in [6.45, 7) is 5.34. The van der Waals surface area contributed by atoms with Crippen LogP contribution in [0.5, 0.6) is 0 Å². The summed E-state index contributed by atoms with van der Waals surface area (Å²) in [6.07, 6.45) is 0.790. The zero-order valence-corrected chi connectivity index (χ0v) is 12.3. The van der Waals surface area contributed by atoms with Gasteiger partial charge in [0.25, 0.3) is 0 Å². The smallest absolute Gasteiger partial charge is 0.413 e. The molecular weight excluding hydrogens is 275 g/mol. The van der Waals surface area contributed by atoms with E-state index in [-0.39, 0.29) is 0 Å². The van der Waals surface area contributed by atoms with Gasteiger partial charge in [-0.05, 0) is 26.8 Å². The van der Waals surface area contributed by atoms with Crippen LogP contribution in [0.2, 0.25) is 0 Å². The number of anilines is 1. The van der Waals surface area contributed by atoms with Crippen LogP contribution in [0.4, 0.5) is 15.0 Å². The lowest BCUT2D eigenvalue weighted by molar-refractivity contribution is 0.0634. The maximum absolute atomic E-state index is 13.1. The lowest BCUT2D eigenvalue weighted by Gasteiger charge is -2.19. The van der Waals surface area contributed by atoms with Gasteiger partial charge >= 0.3 is 6.09 Å². The Morgan fingerprint density at radius 2 is 2.10 bits per heavy atom. The average Bonchev–Trinajstić information content (AvgIpc) is 2.68. The molecule has 0 saturated carbocycles. The third kappa shape index (κ3) is 4.01. The van der Waals surface area contributed by atoms with Crippen molar-refractivity contribution < 1.29 is 13.9 Å². The molecule has 0 bridgehead atoms. The van der Waals surface area contributed by atoms with E-state index in [9.17, 15) is 9.18 Å². The van der Waals surface area contributed by atoms with Crippen LogP contribution in [0.3, 0.4) is 0 Å². The van der Waals surface area contributed by atoms with Gasteiger partial charge in [-0.3, -0.25) is 10.00 Å². The molecule has 0 aliphatic carbocycles. The standard InChI is InChI=1S/C14H17FN4O2/c1-14(2,3)21-13(20)17-12-8-10(18-19(12)4)9-5-6-16-11(15)7-9/h5-8H,1-4H3,(H,17,20). The highest BCUT2D eigenvalue weighted by atomic mass is 19.1. The summed E-state index contributed by atoms with van der Waals surface area (Å²) in [4.78, 5) is 15.2. The topological polar surface area (TPSA) is 69.0 Å². The second-order valence-electron chi connectivity index (χ2n) is 5.53. The van der Waals surface area contributed by atoms with Crippen LogP contribution >= 0.6 is 0 Å². The van der Waals surface area contributed by atoms with Gasteiger partial charge in [-0.15, -0.1) is 0 Å². The molecule has 0 aliphatic heterocycles. The first-order valence-corrected chi connectivity index (χ1v) is 6.40. The van der Waals surface area contributed by atoms with Crippen molar-refractivity contribution in [1.29, 1.82) is 0 Å². The number of aryl methyl sites for hydroxylation is 1. The highest BCUT2D eigenvalue weighted by molar-refractivity contribution is 5.84. The number of carbonyl (C=O) groups excluding carboxylic acids is 1. The van der Waals surface area contributed by atoms with Crippen LogP contribution < -0.4 is 5.32 Å². The lowest BCUT2D eigenvalue weighted by Crippen LogP contribution is -2.27. The largest absolute Gasteiger partial charge is 0.444 e. The number of pyridine rings is 1. The number of aromatic nitrogens is 3. The highest BCUT2D eigenvalue weighted by Gasteiger charge is 2.18. The quantitative estimate of drug-likeness (QED) is 0.864. The van der Waals surface area contributed by atoms with Gasteiger partial charge in [-0.2, -0.15) is 9.49 Å². The van der Waals surface area contributed by atoms with E-state index in [1.54, 1.807) is 40.0 Å². The predicted octanol–water partition coefficient (Wildman–Crippen LogP) is 2.97. The second-order valence-corrected chi connectivity index (χ2v) is 5.53. The Hall–Kier alpha value is -2.44. The van der Waals surface area contributed by atoms with Crippen molar-refractivity contribution in [2.75, 3.05) is 5.32 Å². The molecule has 1 amide bonds. The molecule has 2 rings (SSSR count). The number of rotatable bonds is 2. The van der Waals surface area contributed by atoms with Gasteiger partial charge in [0.1, 0.15) is 11.4 Å². The van der Waals surface area contributed by atoms with Crippen LogP contribution in [0, 0.1) is 5.95 Å². The first-order valence-electron chi connectivity index (χ1n) is 6.40. The number of ether oxygens (including phenoxy) is 1. The highest BCUT2D eigenvalue weighted by Crippen LogP contribution is 2.21. The van der Waals surface area contributed by atoms with E-state index in [4.69, 9.17) is 4.74 Å². The Balaban J connectivity index is 2.18. The number of nitrogens with zero attached hydrogens (tertiary/aromatic N) is 3. The minimum Gasteiger partial charge on any atom is -0.444 e. The van der Waals surface area contributed by atoms with E-state index in [2.05, 4.69) is 15.4 Å². The van der Waals surface area contributed by atoms with E-state index < -0.39 is 17.6 Å². The molecule has 7 heteroatoms. The molecule has 2 heterocycles. The summed E-state index contributed by atoms with van der Waals surface area (Å²) in [6, 6.07) is 4.56. The fourth-order valence-corrected chi connectivity index (χ4v) is 1.70. The Bertz CT molecular complexity index is 661. The molecule has 2 aromatic rings. The Kier molecular flexibility index (Phi) is 3.93. The van der Waals surface area contributed by atoms with Gasteiger partial charge in [-0.25, -0.2) is 9.78 Å². The van der Waals surface area contributed by atoms with Crippen LogP contribution in [0.15, 0.2) is 24.4 Å². The van der Waals surface area contributed by atoms with Crippen LogP contribution in [0.25, 0.3) is 11.3 Å². The second kappa shape index (κ2) is 5.51. The Labute approximate surface area is 121 Å². The van der Waals surface area contributed by atoms with Crippen LogP contribution in [0.1, 0.15) is 20.8 Å². The van der Waals surface area contributed by atoms with Crippen molar-refractivity contribution in [3.8, 4) is 11.3 Å². The fraction of sp³-hybridized carbons (Fsp3) is 0.357. The summed E-state index contributed by atoms with van der Waals surface area (Å²) in [7, 11) is 1.67. The number of halogens is 1. The zero-order chi connectivity index (χ0) is 15.6. The molecule has 0 atom stereocenters. The van der Waals surface area contributed by atoms with Gasteiger partial charge in [0.05, 0.1) is 5.69 Å². The van der Waals surface area contributed by atoms with Gasteiger partial charge in [0.15, 0.2) is 0 Å². The minimum atomic E-state index is -0.584. The lowest BCUT2D eigenvalue weighted by atomic mass is 10.2. The third-order valence-corrected chi connectivity index (χ3v) is 2.53. The summed E-state index contributed by atoms with van der Waals surface area (Å²) >= 11 is 0. The number of nitrogens with one attached hydrogen (secondary N) is 1. The van der Waals surface area contributed by atoms with Gasteiger partial charge in [0.2, 0.25) is 5.95 Å². The molecule has 0 spiro atoms. The van der Waals surface area contributed by atoms with Gasteiger partial charge < -0.3 is 4.74 Å². The Morgan fingerprint density at radius 3 is 2.71 bits per heavy atom. The van der Waals surface area contributed by atoms with E-state index in [1.807, 2.05) is 0 Å². The maximum atomic E-state index is 13.1. The van der Waals surface area contributed by atoms with E-state index >= 15 is 0 Å². The predicted molar refractivity (Wildman–Crippen MR) is 76.3 cm³/mol. The SMILES string of the molecule is Cn1nc(-c2ccnc(F)c2)cc1NC(=O)OC(C)(C)C. The summed E-state index contributed by atoms with van der Waals surface area (Å²) < 4.78 is 19.8. The number of amides is 1. The van der Waals surface area contributed by atoms with Crippen molar-refractivity contribution in [2.45, 2.75) is 26.4 Å². The van der Waals surface area contributed by atoms with Gasteiger partial charge in [-0.1, -0.05) is 0 Å². The van der Waals surface area contributed by atoms with Crippen molar-refractivity contribution in [1.82, 2.24) is 14.8 Å². The van der Waals surface area contributed by atoms with E-state index in [1.165, 1.54) is 16.9 Å². The molecule has 0 unspecified atom stereocenters. The first-order chi connectivity index (χ1) is 9.74. The molecule has 0 radical (unpaired) electrons. The van der Waals surface area contributed by atoms with E-state index in [0.717, 1.165) is 0 Å². The summed E-state index contributed by atoms with van der Waals surface area (Å²) in [5.41, 5.74) is 0.528. The molecule has 0 saturated heterocycles. The van der Waals surface area contributed by atoms with Crippen molar-refractivity contribution in [3.05, 3.63) is 30.3 Å². The van der Waals surface area contributed by atoms with Crippen LogP contribution in [-0.4, -0.2) is 26.5 Å². The molecule has 0 fully saturated rings. The number of hydrogen-bond donors (Lipinski definition) is 1. The molecule has 6 nitrogen and oxygen atoms in total. The normalized spacial score (nSPS) is 11.3. The van der Waals surface area contributed by atoms with Crippen molar-refractivity contribution >= 4 is 11.9 Å². The van der Waals surface area contributed by atoms with E-state index in [0.29, 0.717) is 17.1 Å². The monoisotopic (exact) mass is 292 g/mol. The minimum absolute atomic E-state index is 0.455. The van der Waals surface area contributed by atoms with Crippen molar-refractivity contribution in [2.24, 2.45) is 7.05 Å². The third-order valence-electron chi connectivity index (χ3n) is 2.53. The Morgan fingerprint density at radius 1 is 1.38 bits per heavy atom. The molecule has 112 valence electrons. The zero-order valence-electron chi connectivity index (χ0n) is 12.3. The number of carbonyl (C=O) groups is 1. The van der Waals surface area contributed by atoms with Crippen molar-refractivity contribution in [3.63, 3.8) is 0 Å². The molecular formula is C14H17FN4O2. The summed E-state index contributed by atoms with van der Waals surface area (Å²) in [5.74, 6) is -0.128. The first kappa shape index (κ1) is 15.0. The molecule has 0 aliphatic rings. The van der Waals surface area contributed by atoms with Crippen LogP contribution in [-0.2, 0) is 11.8 Å². The average molecular weight is 292 g/mol. The molecule has 21 heavy (non-hydrogen) atoms. The number of hydrogen-bond acceptors (Lipinski definition) is 4.